The number of nitrogens with two attached hydrogens (primary N) is 1. The van der Waals surface area contributed by atoms with Crippen molar-refractivity contribution in [2.24, 2.45) is 5.73 Å². The van der Waals surface area contributed by atoms with Crippen LogP contribution < -0.4 is 21.7 Å². The zero-order valence-corrected chi connectivity index (χ0v) is 64.3. The Hall–Kier alpha value is -9.34. The van der Waals surface area contributed by atoms with Gasteiger partial charge >= 0.3 is 12.2 Å². The Labute approximate surface area is 639 Å². The normalized spacial score (nSPS) is 20.8. The Balaban J connectivity index is 0.000000190. The Morgan fingerprint density at radius 1 is 0.459 bits per heavy atom. The van der Waals surface area contributed by atoms with Crippen LogP contribution in [0.2, 0.25) is 0 Å². The lowest BCUT2D eigenvalue weighted by Crippen LogP contribution is -2.54. The van der Waals surface area contributed by atoms with E-state index in [2.05, 4.69) is 16.0 Å². The maximum atomic E-state index is 13.7. The second-order valence-corrected chi connectivity index (χ2v) is 29.7. The fraction of sp³-hybridized carbons (Fsp3) is 0.579. The highest BCUT2D eigenvalue weighted by molar-refractivity contribution is 6.27. The Morgan fingerprint density at radius 3 is 1.12 bits per heavy atom. The molecular weight excluding hydrogens is 1440 g/mol. The van der Waals surface area contributed by atoms with Crippen LogP contribution in [-0.4, -0.2) is 270 Å². The molecule has 6 saturated heterocycles. The summed E-state index contributed by atoms with van der Waals surface area (Å²) in [6, 6.07) is 10.9. The number of piperidine rings is 6. The Bertz CT molecular complexity index is 3920. The number of anilines is 2. The lowest BCUT2D eigenvalue weighted by molar-refractivity contribution is -0.151. The van der Waals surface area contributed by atoms with Gasteiger partial charge in [0.15, 0.2) is 0 Å². The molecule has 3 unspecified atom stereocenters. The van der Waals surface area contributed by atoms with Crippen molar-refractivity contribution in [3.8, 4) is 0 Å². The largest absolute Gasteiger partial charge is 0.444 e. The topological polar surface area (TPSA) is 373 Å². The van der Waals surface area contributed by atoms with Gasteiger partial charge in [0.1, 0.15) is 35.1 Å². The van der Waals surface area contributed by atoms with E-state index in [0.29, 0.717) is 95.1 Å². The van der Waals surface area contributed by atoms with Gasteiger partial charge < -0.3 is 55.2 Å². The molecule has 3 aromatic rings. The van der Waals surface area contributed by atoms with Crippen molar-refractivity contribution in [1.29, 1.82) is 0 Å². The number of hydrogen-bond donors (Lipinski definition) is 4. The van der Waals surface area contributed by atoms with E-state index in [4.69, 9.17) is 29.4 Å². The predicted molar refractivity (Wildman–Crippen MR) is 396 cm³/mol. The van der Waals surface area contributed by atoms with Crippen LogP contribution in [0.5, 0.6) is 0 Å². The van der Waals surface area contributed by atoms with Crippen LogP contribution in [-0.2, 0) is 52.5 Å². The molecule has 0 saturated carbocycles. The minimum atomic E-state index is -1.06. The van der Waals surface area contributed by atoms with Crippen molar-refractivity contribution < 1.29 is 95.2 Å². The number of likely N-dealkylation sites (N-methyl/N-ethyl adjacent to an activating group) is 3. The number of carbonyl (C=O) groups excluding carboxylic acids is 14. The number of ether oxygens (including phenoxy) is 5. The van der Waals surface area contributed by atoms with E-state index in [1.165, 1.54) is 33.3 Å². The molecule has 33 heteroatoms. The standard InChI is InChI=1S/C27H36N4O7.C22H28N4O5.C14H11FN2O4.C13H26N2O3.ClH/c1-27(2,3)38-26(36)30-14-11-17(12-15-30)37-16-6-13-28-19-8-5-7-18-22(19)25(35)31(23(18)33)20-9-10-21(32)29(4)24(20)34;1-25-18(27)7-6-17(21(25)29)26-20(28)15-4-2-5-16(19(15)22(26)30)24-10-3-13-31-14-8-11-23-12-9-14;1-16-10(18)6-5-9(13(16)20)17-12(19)7-3-2-4-8(15)11(7)14(17)21;1-13(2,3)18-12(16)15-8-5-11(6-9-15)17-10-4-7-14;/h5,7-8,17,20,28H,6,9-16H2,1-4H3;2,4-5,14,17,23-24H,3,6-13H2,1H3;2-4,9H,5-6H2,1H3;11H,4-10,14H2,1-3H3;1H. The Morgan fingerprint density at radius 2 is 0.780 bits per heavy atom. The van der Waals surface area contributed by atoms with Gasteiger partial charge in [0.25, 0.3) is 53.2 Å². The van der Waals surface area contributed by atoms with Gasteiger partial charge in [-0.1, -0.05) is 18.2 Å². The van der Waals surface area contributed by atoms with E-state index in [9.17, 15) is 71.5 Å². The summed E-state index contributed by atoms with van der Waals surface area (Å²) in [5.41, 5.74) is 6.30. The number of hydrogen-bond acceptors (Lipinski definition) is 23. The molecule has 12 rings (SSSR count). The SMILES string of the molecule is CC(C)(C)OC(=O)N1CCC(OCCCN)CC1.CN1C(=O)CCC(N2C(=O)c3cccc(F)c3C2=O)C1=O.CN1C(=O)CCC(N2C(=O)c3cccc(NCCCOC4CCN(C(=O)OC(C)(C)C)CC4)c3C2=O)C1=O.CN1C(=O)CCC(N2C(=O)c3cccc(NCCCOC4CCNCC4)c3C2=O)C1=O.Cl. The number of benzene rings is 3. The van der Waals surface area contributed by atoms with E-state index >= 15 is 0 Å². The van der Waals surface area contributed by atoms with E-state index in [-0.39, 0.29) is 121 Å². The van der Waals surface area contributed by atoms with E-state index in [1.54, 1.807) is 46.2 Å². The molecular formula is C76H102ClFN12O19. The van der Waals surface area contributed by atoms with Crippen LogP contribution in [0.15, 0.2) is 54.6 Å². The molecule has 0 aliphatic carbocycles. The fourth-order valence-electron chi connectivity index (χ4n) is 13.9. The molecule has 14 amide bonds. The molecule has 9 aliphatic heterocycles. The number of imide groups is 6. The number of nitrogens with zero attached hydrogens (tertiary/aromatic N) is 8. The molecule has 3 atom stereocenters. The molecule has 6 fully saturated rings. The highest BCUT2D eigenvalue weighted by atomic mass is 35.5. The predicted octanol–water partition coefficient (Wildman–Crippen LogP) is 6.39. The number of fused-ring (bicyclic) bond motifs is 3. The quantitative estimate of drug-likeness (QED) is 0.0745. The lowest BCUT2D eigenvalue weighted by atomic mass is 10.0. The third-order valence-corrected chi connectivity index (χ3v) is 19.7. The minimum absolute atomic E-state index is 0. The van der Waals surface area contributed by atoms with E-state index < -0.39 is 88.3 Å². The van der Waals surface area contributed by atoms with Gasteiger partial charge in [0.2, 0.25) is 17.7 Å². The van der Waals surface area contributed by atoms with Gasteiger partial charge in [-0.15, -0.1) is 12.4 Å². The number of halogens is 2. The highest BCUT2D eigenvalue weighted by Gasteiger charge is 2.50. The molecule has 0 spiro atoms. The van der Waals surface area contributed by atoms with Crippen molar-refractivity contribution >= 4 is 107 Å². The van der Waals surface area contributed by atoms with Crippen molar-refractivity contribution in [2.45, 2.75) is 185 Å². The molecule has 3 aromatic carbocycles. The van der Waals surface area contributed by atoms with Crippen LogP contribution >= 0.6 is 12.4 Å². The van der Waals surface area contributed by atoms with E-state index in [0.717, 1.165) is 99.9 Å². The zero-order valence-electron chi connectivity index (χ0n) is 63.5. The van der Waals surface area contributed by atoms with Crippen molar-refractivity contribution in [3.05, 3.63) is 93.8 Å². The number of carbonyl (C=O) groups is 14. The molecule has 31 nitrogen and oxygen atoms in total. The summed E-state index contributed by atoms with van der Waals surface area (Å²) < 4.78 is 42.1. The van der Waals surface area contributed by atoms with Gasteiger partial charge in [0.05, 0.1) is 51.7 Å². The lowest BCUT2D eigenvalue weighted by Gasteiger charge is -2.33. The maximum Gasteiger partial charge on any atom is 0.410 e. The number of rotatable bonds is 19. The van der Waals surface area contributed by atoms with Crippen LogP contribution in [0, 0.1) is 5.82 Å². The second-order valence-electron chi connectivity index (χ2n) is 29.7. The molecule has 0 bridgehead atoms. The first-order chi connectivity index (χ1) is 51.3. The fourth-order valence-corrected chi connectivity index (χ4v) is 13.9. The third-order valence-electron chi connectivity index (χ3n) is 19.7. The monoisotopic (exact) mass is 1540 g/mol. The molecule has 0 aromatic heterocycles. The van der Waals surface area contributed by atoms with Crippen LogP contribution in [0.3, 0.4) is 0 Å². The third kappa shape index (κ3) is 20.8. The number of nitrogens with one attached hydrogen (secondary N) is 3. The first kappa shape index (κ1) is 85.3. The summed E-state index contributed by atoms with van der Waals surface area (Å²) in [5, 5.41) is 9.78. The first-order valence-corrected chi connectivity index (χ1v) is 37.1. The molecule has 594 valence electrons. The summed E-state index contributed by atoms with van der Waals surface area (Å²) in [4.78, 5) is 182. The summed E-state index contributed by atoms with van der Waals surface area (Å²) in [7, 11) is 4.05. The molecule has 9 aliphatic rings. The van der Waals surface area contributed by atoms with Gasteiger partial charge in [-0.3, -0.25) is 86.9 Å². The average Bonchev–Trinajstić information content (AvgIpc) is 1.62. The van der Waals surface area contributed by atoms with E-state index in [1.807, 2.05) is 41.5 Å². The summed E-state index contributed by atoms with van der Waals surface area (Å²) in [5.74, 6) is -7.00. The molecule has 9 heterocycles. The number of amides is 14. The molecule has 0 radical (unpaired) electrons. The second kappa shape index (κ2) is 37.9. The van der Waals surface area contributed by atoms with Crippen LogP contribution in [0.4, 0.5) is 25.4 Å². The zero-order chi connectivity index (χ0) is 78.5. The summed E-state index contributed by atoms with van der Waals surface area (Å²) in [6.45, 7) is 19.4. The Kier molecular flexibility index (Phi) is 29.6. The van der Waals surface area contributed by atoms with Gasteiger partial charge in [0, 0.05) is 111 Å². The van der Waals surface area contributed by atoms with Crippen molar-refractivity contribution in [1.82, 2.24) is 44.5 Å². The maximum absolute atomic E-state index is 13.7. The smallest absolute Gasteiger partial charge is 0.410 e. The molecule has 109 heavy (non-hydrogen) atoms. The first-order valence-electron chi connectivity index (χ1n) is 37.1. The van der Waals surface area contributed by atoms with Crippen molar-refractivity contribution in [2.75, 3.05) is 111 Å². The van der Waals surface area contributed by atoms with Crippen LogP contribution in [0.1, 0.15) is 200 Å². The average molecular weight is 1540 g/mol. The molecule has 5 N–H and O–H groups in total. The summed E-state index contributed by atoms with van der Waals surface area (Å²) >= 11 is 0. The van der Waals surface area contributed by atoms with Crippen LogP contribution in [0.25, 0.3) is 0 Å². The number of likely N-dealkylation sites (tertiary alicyclic amines) is 5. The van der Waals surface area contributed by atoms with Crippen molar-refractivity contribution in [3.63, 3.8) is 0 Å². The summed E-state index contributed by atoms with van der Waals surface area (Å²) in [6.07, 6.45) is 8.38. The van der Waals surface area contributed by atoms with Gasteiger partial charge in [-0.2, -0.15) is 0 Å². The highest BCUT2D eigenvalue weighted by Crippen LogP contribution is 2.36. The van der Waals surface area contributed by atoms with Gasteiger partial charge in [-0.05, 0) is 175 Å². The van der Waals surface area contributed by atoms with Gasteiger partial charge in [-0.25, -0.2) is 14.0 Å². The minimum Gasteiger partial charge on any atom is -0.444 e.